The summed E-state index contributed by atoms with van der Waals surface area (Å²) in [7, 11) is -3.61. The van der Waals surface area contributed by atoms with Gasteiger partial charge in [-0.05, 0) is 36.5 Å². The molecule has 2 heterocycles. The summed E-state index contributed by atoms with van der Waals surface area (Å²) in [5.74, 6) is 0.370. The van der Waals surface area contributed by atoms with Gasteiger partial charge in [0.05, 0.1) is 11.6 Å². The molecule has 1 N–H and O–H groups in total. The lowest BCUT2D eigenvalue weighted by Crippen LogP contribution is -2.48. The number of hydrogen-bond donors (Lipinski definition) is 1. The Balaban J connectivity index is 1.65. The monoisotopic (exact) mass is 413 g/mol. The van der Waals surface area contributed by atoms with E-state index in [2.05, 4.69) is 35.8 Å². The molecule has 1 aliphatic rings. The fourth-order valence-corrected chi connectivity index (χ4v) is 4.47. The van der Waals surface area contributed by atoms with Gasteiger partial charge in [-0.25, -0.2) is 22.5 Å². The molecule has 1 saturated heterocycles. The highest BCUT2D eigenvalue weighted by atomic mass is 32.2. The third-order valence-corrected chi connectivity index (χ3v) is 6.74. The van der Waals surface area contributed by atoms with Gasteiger partial charge in [-0.3, -0.25) is 10.00 Å². The van der Waals surface area contributed by atoms with E-state index in [1.807, 2.05) is 0 Å². The first-order valence-corrected chi connectivity index (χ1v) is 10.6. The molecule has 0 aliphatic carbocycles. The molecule has 148 valence electrons. The molecule has 7 nitrogen and oxygen atoms in total. The average molecular weight is 414 g/mol. The van der Waals surface area contributed by atoms with Crippen molar-refractivity contribution in [2.45, 2.75) is 37.8 Å². The summed E-state index contributed by atoms with van der Waals surface area (Å²) in [5.41, 5.74) is -0.124. The van der Waals surface area contributed by atoms with Crippen LogP contribution in [-0.4, -0.2) is 58.6 Å². The van der Waals surface area contributed by atoms with Crippen molar-refractivity contribution in [2.75, 3.05) is 26.2 Å². The van der Waals surface area contributed by atoms with Gasteiger partial charge in [-0.15, -0.1) is 0 Å². The van der Waals surface area contributed by atoms with Gasteiger partial charge in [0.15, 0.2) is 0 Å². The number of nitrogens with zero attached hydrogens (tertiary/aromatic N) is 4. The van der Waals surface area contributed by atoms with Gasteiger partial charge >= 0.3 is 0 Å². The number of halogens is 1. The summed E-state index contributed by atoms with van der Waals surface area (Å²) < 4.78 is 42.1. The Kier molecular flexibility index (Phi) is 5.53. The molecule has 0 radical (unpaired) electrons. The zero-order chi connectivity index (χ0) is 19.8. The number of sulfonamides is 1. The van der Waals surface area contributed by atoms with Crippen molar-refractivity contribution < 1.29 is 12.8 Å². The molecule has 27 heavy (non-hydrogen) atoms. The molecule has 0 unspecified atom stereocenters. The summed E-state index contributed by atoms with van der Waals surface area (Å²) >= 11 is 5.32. The van der Waals surface area contributed by atoms with Crippen LogP contribution in [0.2, 0.25) is 0 Å². The first-order valence-electron chi connectivity index (χ1n) is 8.73. The number of nitrogens with one attached hydrogen (secondary N) is 1. The maximum Gasteiger partial charge on any atom is 0.243 e. The van der Waals surface area contributed by atoms with Crippen LogP contribution in [0.3, 0.4) is 0 Å². The number of hydrogen-bond acceptors (Lipinski definition) is 5. The molecule has 1 aromatic carbocycles. The van der Waals surface area contributed by atoms with E-state index >= 15 is 0 Å². The van der Waals surface area contributed by atoms with Gasteiger partial charge in [0.2, 0.25) is 14.8 Å². The van der Waals surface area contributed by atoms with Crippen LogP contribution >= 0.6 is 12.2 Å². The Labute approximate surface area is 163 Å². The van der Waals surface area contributed by atoms with Crippen LogP contribution in [-0.2, 0) is 22.1 Å². The van der Waals surface area contributed by atoms with Crippen LogP contribution in [0.5, 0.6) is 0 Å². The van der Waals surface area contributed by atoms with E-state index in [1.165, 1.54) is 16.4 Å². The number of benzene rings is 1. The Morgan fingerprint density at radius 2 is 1.74 bits per heavy atom. The topological polar surface area (TPSA) is 74.2 Å². The van der Waals surface area contributed by atoms with Crippen molar-refractivity contribution in [3.05, 3.63) is 40.7 Å². The second kappa shape index (κ2) is 7.42. The van der Waals surface area contributed by atoms with E-state index < -0.39 is 15.8 Å². The molecule has 2 aromatic rings. The zero-order valence-electron chi connectivity index (χ0n) is 15.6. The van der Waals surface area contributed by atoms with Gasteiger partial charge < -0.3 is 0 Å². The first kappa shape index (κ1) is 20.1. The van der Waals surface area contributed by atoms with Gasteiger partial charge in [0.1, 0.15) is 11.6 Å². The Hall–Kier alpha value is -1.62. The fourth-order valence-electron chi connectivity index (χ4n) is 2.85. The second-order valence-electron chi connectivity index (χ2n) is 7.65. The van der Waals surface area contributed by atoms with E-state index in [-0.39, 0.29) is 10.3 Å². The Morgan fingerprint density at radius 1 is 1.15 bits per heavy atom. The molecule has 3 rings (SSSR count). The lowest BCUT2D eigenvalue weighted by atomic mass is 9.96. The van der Waals surface area contributed by atoms with Gasteiger partial charge in [-0.2, -0.15) is 4.31 Å². The maximum absolute atomic E-state index is 13.0. The first-order chi connectivity index (χ1) is 12.6. The van der Waals surface area contributed by atoms with E-state index in [0.717, 1.165) is 18.0 Å². The van der Waals surface area contributed by atoms with Crippen LogP contribution < -0.4 is 0 Å². The lowest BCUT2D eigenvalue weighted by molar-refractivity contribution is 0.144. The molecule has 10 heteroatoms. The van der Waals surface area contributed by atoms with Crippen LogP contribution in [0.25, 0.3) is 0 Å². The number of H-pyrrole nitrogens is 1. The third-order valence-electron chi connectivity index (χ3n) is 4.51. The largest absolute Gasteiger partial charge is 0.282 e. The van der Waals surface area contributed by atoms with Gasteiger partial charge in [0.25, 0.3) is 0 Å². The Bertz CT molecular complexity index is 952. The number of piperazine rings is 1. The normalized spacial score (nSPS) is 17.3. The number of aromatic amines is 1. The second-order valence-corrected chi connectivity index (χ2v) is 9.95. The van der Waals surface area contributed by atoms with Crippen molar-refractivity contribution >= 4 is 22.2 Å². The highest BCUT2D eigenvalue weighted by Crippen LogP contribution is 2.20. The number of rotatable bonds is 4. The molecule has 1 aliphatic heterocycles. The smallest absolute Gasteiger partial charge is 0.243 e. The van der Waals surface area contributed by atoms with Crippen LogP contribution in [0, 0.1) is 10.6 Å². The summed E-state index contributed by atoms with van der Waals surface area (Å²) in [6.45, 7) is 8.60. The summed E-state index contributed by atoms with van der Waals surface area (Å²) in [6.07, 6.45) is 0. The summed E-state index contributed by atoms with van der Waals surface area (Å²) in [6, 6.07) is 4.93. The Morgan fingerprint density at radius 3 is 2.26 bits per heavy atom. The zero-order valence-corrected chi connectivity index (χ0v) is 17.3. The molecule has 0 bridgehead atoms. The molecule has 0 saturated carbocycles. The minimum absolute atomic E-state index is 0.114. The standard InChI is InChI=1S/C17H24FN5O2S2/c1-17(2,3)15-19-16(26)23(20-15)12-21-8-10-22(11-9-21)27(24,25)14-6-4-13(18)5-7-14/h4-7H,8-12H2,1-3H3,(H,19,20,26). The quantitative estimate of drug-likeness (QED) is 0.779. The molecule has 0 atom stereocenters. The van der Waals surface area contributed by atoms with Crippen molar-refractivity contribution in [2.24, 2.45) is 0 Å². The van der Waals surface area contributed by atoms with E-state index in [9.17, 15) is 12.8 Å². The minimum atomic E-state index is -3.61. The highest BCUT2D eigenvalue weighted by Gasteiger charge is 2.29. The molecule has 1 aromatic heterocycles. The molecular formula is C17H24FN5O2S2. The predicted octanol–water partition coefficient (Wildman–Crippen LogP) is 2.34. The summed E-state index contributed by atoms with van der Waals surface area (Å²) in [5, 5.41) is 3.23. The average Bonchev–Trinajstić information content (AvgIpc) is 2.97. The van der Waals surface area contributed by atoms with Crippen molar-refractivity contribution in [1.29, 1.82) is 0 Å². The van der Waals surface area contributed by atoms with Gasteiger partial charge in [-0.1, -0.05) is 20.8 Å². The summed E-state index contributed by atoms with van der Waals surface area (Å²) in [4.78, 5) is 6.64. The fraction of sp³-hybridized carbons (Fsp3) is 0.529. The lowest BCUT2D eigenvalue weighted by Gasteiger charge is -2.33. The number of aromatic nitrogens is 3. The van der Waals surface area contributed by atoms with Crippen molar-refractivity contribution in [3.63, 3.8) is 0 Å². The van der Waals surface area contributed by atoms with E-state index in [0.29, 0.717) is 37.6 Å². The molecule has 0 amide bonds. The molecule has 1 fully saturated rings. The van der Waals surface area contributed by atoms with Crippen LogP contribution in [0.1, 0.15) is 26.6 Å². The maximum atomic E-state index is 13.0. The molecular weight excluding hydrogens is 389 g/mol. The van der Waals surface area contributed by atoms with Crippen LogP contribution in [0.15, 0.2) is 29.2 Å². The van der Waals surface area contributed by atoms with Crippen molar-refractivity contribution in [1.82, 2.24) is 24.0 Å². The SMILES string of the molecule is CC(C)(C)c1nc(=S)n(CN2CCN(S(=O)(=O)c3ccc(F)cc3)CC2)[nH]1. The van der Waals surface area contributed by atoms with Gasteiger partial charge in [0, 0.05) is 31.6 Å². The minimum Gasteiger partial charge on any atom is -0.282 e. The highest BCUT2D eigenvalue weighted by molar-refractivity contribution is 7.89. The van der Waals surface area contributed by atoms with Crippen LogP contribution in [0.4, 0.5) is 4.39 Å². The predicted molar refractivity (Wildman–Crippen MR) is 103 cm³/mol. The van der Waals surface area contributed by atoms with E-state index in [4.69, 9.17) is 12.2 Å². The van der Waals surface area contributed by atoms with Crippen molar-refractivity contribution in [3.8, 4) is 0 Å². The molecule has 0 spiro atoms. The third kappa shape index (κ3) is 4.45. The van der Waals surface area contributed by atoms with E-state index in [1.54, 1.807) is 4.68 Å².